The van der Waals surface area contributed by atoms with Crippen LogP contribution in [0.5, 0.6) is 0 Å². The van der Waals surface area contributed by atoms with Crippen LogP contribution in [0.3, 0.4) is 0 Å². The standard InChI is InChI=1S/C5H3Br2ClO/c6-4-1-3(2-8)9-5(4)7/h1H,2H2. The van der Waals surface area contributed by atoms with E-state index < -0.39 is 0 Å². The smallest absolute Gasteiger partial charge is 0.183 e. The normalized spacial score (nSPS) is 10.1. The number of alkyl halides is 1. The van der Waals surface area contributed by atoms with Gasteiger partial charge in [-0.05, 0) is 37.9 Å². The first-order valence-corrected chi connectivity index (χ1v) is 4.35. The molecule has 0 fully saturated rings. The Balaban J connectivity index is 2.98. The van der Waals surface area contributed by atoms with E-state index in [0.717, 1.165) is 10.2 Å². The summed E-state index contributed by atoms with van der Waals surface area (Å²) in [5.41, 5.74) is 0. The van der Waals surface area contributed by atoms with Crippen molar-refractivity contribution in [2.24, 2.45) is 0 Å². The molecule has 1 heterocycles. The van der Waals surface area contributed by atoms with Gasteiger partial charge in [0.05, 0.1) is 10.4 Å². The predicted octanol–water partition coefficient (Wildman–Crippen LogP) is 3.54. The van der Waals surface area contributed by atoms with Gasteiger partial charge >= 0.3 is 0 Å². The molecule has 1 aromatic heterocycles. The summed E-state index contributed by atoms with van der Waals surface area (Å²) in [4.78, 5) is 0. The molecule has 1 rings (SSSR count). The molecule has 0 atom stereocenters. The quantitative estimate of drug-likeness (QED) is 0.714. The zero-order valence-electron chi connectivity index (χ0n) is 4.33. The van der Waals surface area contributed by atoms with Crippen LogP contribution in [-0.2, 0) is 5.88 Å². The van der Waals surface area contributed by atoms with Crippen molar-refractivity contribution in [3.05, 3.63) is 21.0 Å². The minimum absolute atomic E-state index is 0.407. The van der Waals surface area contributed by atoms with Gasteiger partial charge in [0.2, 0.25) is 0 Å². The van der Waals surface area contributed by atoms with Gasteiger partial charge in [0.1, 0.15) is 5.76 Å². The predicted molar refractivity (Wildman–Crippen MR) is 43.7 cm³/mol. The molecule has 1 nitrogen and oxygen atoms in total. The van der Waals surface area contributed by atoms with Crippen molar-refractivity contribution in [3.8, 4) is 0 Å². The molecular formula is C5H3Br2ClO. The molecule has 0 N–H and O–H groups in total. The molecule has 0 saturated carbocycles. The van der Waals surface area contributed by atoms with Crippen LogP contribution in [0.15, 0.2) is 19.6 Å². The fourth-order valence-corrected chi connectivity index (χ4v) is 1.25. The van der Waals surface area contributed by atoms with E-state index in [1.54, 1.807) is 0 Å². The third-order valence-corrected chi connectivity index (χ3v) is 2.80. The molecule has 0 unspecified atom stereocenters. The van der Waals surface area contributed by atoms with Gasteiger partial charge in [0.15, 0.2) is 4.67 Å². The fraction of sp³-hybridized carbons (Fsp3) is 0.200. The second kappa shape index (κ2) is 3.08. The zero-order valence-corrected chi connectivity index (χ0v) is 8.25. The molecule has 0 amide bonds. The molecule has 9 heavy (non-hydrogen) atoms. The first-order valence-electron chi connectivity index (χ1n) is 2.23. The molecule has 0 radical (unpaired) electrons. The number of halogens is 3. The molecule has 0 bridgehead atoms. The van der Waals surface area contributed by atoms with Crippen LogP contribution in [0.2, 0.25) is 0 Å². The minimum Gasteiger partial charge on any atom is -0.452 e. The Morgan fingerprint density at radius 2 is 2.22 bits per heavy atom. The van der Waals surface area contributed by atoms with Gasteiger partial charge in [0, 0.05) is 0 Å². The van der Waals surface area contributed by atoms with Crippen molar-refractivity contribution in [2.45, 2.75) is 5.88 Å². The van der Waals surface area contributed by atoms with Crippen LogP contribution < -0.4 is 0 Å². The monoisotopic (exact) mass is 272 g/mol. The molecule has 0 saturated heterocycles. The first-order chi connectivity index (χ1) is 4.24. The van der Waals surface area contributed by atoms with Crippen LogP contribution in [0.1, 0.15) is 5.76 Å². The lowest BCUT2D eigenvalue weighted by molar-refractivity contribution is 0.504. The average Bonchev–Trinajstić information content (AvgIpc) is 2.13. The summed E-state index contributed by atoms with van der Waals surface area (Å²) in [5.74, 6) is 1.17. The van der Waals surface area contributed by atoms with Crippen molar-refractivity contribution in [3.63, 3.8) is 0 Å². The summed E-state index contributed by atoms with van der Waals surface area (Å²) < 4.78 is 6.70. The van der Waals surface area contributed by atoms with Crippen molar-refractivity contribution >= 4 is 43.5 Å². The van der Waals surface area contributed by atoms with Gasteiger partial charge in [-0.2, -0.15) is 0 Å². The van der Waals surface area contributed by atoms with E-state index in [1.165, 1.54) is 0 Å². The lowest BCUT2D eigenvalue weighted by Crippen LogP contribution is -1.63. The number of furan rings is 1. The molecule has 0 aliphatic heterocycles. The van der Waals surface area contributed by atoms with Crippen molar-refractivity contribution in [2.75, 3.05) is 0 Å². The Hall–Kier alpha value is 0.530. The third kappa shape index (κ3) is 1.72. The van der Waals surface area contributed by atoms with Crippen molar-refractivity contribution in [1.82, 2.24) is 0 Å². The Morgan fingerprint density at radius 3 is 2.44 bits per heavy atom. The Bertz CT molecular complexity index is 189. The van der Waals surface area contributed by atoms with Crippen LogP contribution >= 0.6 is 43.5 Å². The number of hydrogen-bond acceptors (Lipinski definition) is 1. The van der Waals surface area contributed by atoms with Gasteiger partial charge in [0.25, 0.3) is 0 Å². The van der Waals surface area contributed by atoms with E-state index in [2.05, 4.69) is 31.9 Å². The van der Waals surface area contributed by atoms with Crippen molar-refractivity contribution < 1.29 is 4.42 Å². The topological polar surface area (TPSA) is 13.1 Å². The molecular weight excluding hydrogens is 271 g/mol. The van der Waals surface area contributed by atoms with E-state index in [-0.39, 0.29) is 0 Å². The molecule has 50 valence electrons. The summed E-state index contributed by atoms with van der Waals surface area (Å²) >= 11 is 11.9. The average molecular weight is 274 g/mol. The number of hydrogen-bond donors (Lipinski definition) is 0. The molecule has 0 aliphatic carbocycles. The Kier molecular flexibility index (Phi) is 2.61. The van der Waals surface area contributed by atoms with Crippen molar-refractivity contribution in [1.29, 1.82) is 0 Å². The van der Waals surface area contributed by atoms with E-state index in [4.69, 9.17) is 16.0 Å². The second-order valence-electron chi connectivity index (χ2n) is 1.47. The largest absolute Gasteiger partial charge is 0.452 e. The fourth-order valence-electron chi connectivity index (χ4n) is 0.457. The molecule has 0 spiro atoms. The van der Waals surface area contributed by atoms with Gasteiger partial charge in [-0.3, -0.25) is 0 Å². The zero-order chi connectivity index (χ0) is 6.85. The minimum atomic E-state index is 0.407. The second-order valence-corrected chi connectivity index (χ2v) is 3.31. The van der Waals surface area contributed by atoms with E-state index in [0.29, 0.717) is 10.5 Å². The van der Waals surface area contributed by atoms with Crippen LogP contribution in [-0.4, -0.2) is 0 Å². The third-order valence-electron chi connectivity index (χ3n) is 0.828. The van der Waals surface area contributed by atoms with Gasteiger partial charge < -0.3 is 4.42 Å². The summed E-state index contributed by atoms with van der Waals surface area (Å²) in [7, 11) is 0. The van der Waals surface area contributed by atoms with E-state index in [9.17, 15) is 0 Å². The van der Waals surface area contributed by atoms with E-state index in [1.807, 2.05) is 6.07 Å². The molecule has 0 aromatic carbocycles. The lowest BCUT2D eigenvalue weighted by atomic mass is 10.5. The number of rotatable bonds is 1. The maximum atomic E-state index is 5.48. The Morgan fingerprint density at radius 1 is 1.56 bits per heavy atom. The summed E-state index contributed by atoms with van der Waals surface area (Å²) in [6.07, 6.45) is 0. The van der Waals surface area contributed by atoms with Crippen LogP contribution in [0.4, 0.5) is 0 Å². The van der Waals surface area contributed by atoms with Crippen LogP contribution in [0, 0.1) is 0 Å². The lowest BCUT2D eigenvalue weighted by Gasteiger charge is -1.80. The Labute approximate surface area is 74.6 Å². The SMILES string of the molecule is ClCc1cc(Br)c(Br)o1. The summed E-state index contributed by atoms with van der Waals surface area (Å²) in [5, 5.41) is 0. The van der Waals surface area contributed by atoms with E-state index >= 15 is 0 Å². The molecule has 1 aromatic rings. The highest BCUT2D eigenvalue weighted by molar-refractivity contribution is 9.13. The highest BCUT2D eigenvalue weighted by Crippen LogP contribution is 2.27. The maximum absolute atomic E-state index is 5.48. The first kappa shape index (κ1) is 7.63. The molecule has 4 heteroatoms. The van der Waals surface area contributed by atoms with Gasteiger partial charge in [-0.1, -0.05) is 0 Å². The highest BCUT2D eigenvalue weighted by atomic mass is 79.9. The van der Waals surface area contributed by atoms with Crippen LogP contribution in [0.25, 0.3) is 0 Å². The maximum Gasteiger partial charge on any atom is 0.183 e. The van der Waals surface area contributed by atoms with Gasteiger partial charge in [-0.25, -0.2) is 0 Å². The highest BCUT2D eigenvalue weighted by Gasteiger charge is 2.03. The summed E-state index contributed by atoms with van der Waals surface area (Å²) in [6.45, 7) is 0. The molecule has 0 aliphatic rings. The summed E-state index contributed by atoms with van der Waals surface area (Å²) in [6, 6.07) is 1.83. The van der Waals surface area contributed by atoms with Gasteiger partial charge in [-0.15, -0.1) is 11.6 Å².